The topological polar surface area (TPSA) is 62.4 Å². The number of allylic oxidation sites excluding steroid dienone is 6. The van der Waals surface area contributed by atoms with Gasteiger partial charge in [0, 0.05) is 31.1 Å². The molecule has 0 aromatic carbocycles. The number of hydrogen-bond donors (Lipinski definition) is 3. The molecule has 0 radical (unpaired) electrons. The molecule has 4 nitrogen and oxygen atoms in total. The molecule has 174 valence electrons. The van der Waals surface area contributed by atoms with Gasteiger partial charge in [0.05, 0.1) is 0 Å². The molecule has 0 heterocycles. The van der Waals surface area contributed by atoms with Gasteiger partial charge in [0.1, 0.15) is 0 Å². The van der Waals surface area contributed by atoms with Crippen LogP contribution in [0.25, 0.3) is 0 Å². The minimum Gasteiger partial charge on any atom is -0.392 e. The van der Waals surface area contributed by atoms with Crippen molar-refractivity contribution < 1.29 is 0 Å². The van der Waals surface area contributed by atoms with E-state index in [-0.39, 0.29) is 0 Å². The second-order valence-corrected chi connectivity index (χ2v) is 7.13. The number of guanidine groups is 1. The van der Waals surface area contributed by atoms with Crippen molar-refractivity contribution in [3.05, 3.63) is 72.8 Å². The Labute approximate surface area is 192 Å². The number of terminal acetylenes is 1. The minimum atomic E-state index is 0.322. The Balaban J connectivity index is -0.000000733. The predicted octanol–water partition coefficient (Wildman–Crippen LogP) is 6.74. The van der Waals surface area contributed by atoms with E-state index in [1.165, 1.54) is 32.1 Å². The van der Waals surface area contributed by atoms with E-state index in [1.54, 1.807) is 12.3 Å². The van der Waals surface area contributed by atoms with Gasteiger partial charge >= 0.3 is 0 Å². The van der Waals surface area contributed by atoms with E-state index in [1.807, 2.05) is 39.1 Å². The van der Waals surface area contributed by atoms with E-state index in [4.69, 9.17) is 5.73 Å². The van der Waals surface area contributed by atoms with E-state index >= 15 is 0 Å². The minimum absolute atomic E-state index is 0.322. The van der Waals surface area contributed by atoms with Crippen molar-refractivity contribution in [2.75, 3.05) is 7.05 Å². The van der Waals surface area contributed by atoms with E-state index in [0.717, 1.165) is 35.4 Å². The zero-order valence-electron chi connectivity index (χ0n) is 20.6. The molecule has 0 saturated heterocycles. The van der Waals surface area contributed by atoms with Gasteiger partial charge < -0.3 is 16.4 Å². The molecule has 0 spiro atoms. The number of nitrogens with one attached hydrogen (secondary N) is 2. The molecule has 0 aromatic rings. The maximum Gasteiger partial charge on any atom is 0.197 e. The Bertz CT molecular complexity index is 627. The average molecular weight is 427 g/mol. The first-order valence-electron chi connectivity index (χ1n) is 10.9. The second-order valence-electron chi connectivity index (χ2n) is 7.13. The van der Waals surface area contributed by atoms with Crippen LogP contribution in [0, 0.1) is 12.8 Å². The molecule has 0 amide bonds. The highest BCUT2D eigenvalue weighted by atomic mass is 15.1. The first-order chi connectivity index (χ1) is 14.8. The lowest BCUT2D eigenvalue weighted by Crippen LogP contribution is -2.30. The van der Waals surface area contributed by atoms with Gasteiger partial charge in [-0.3, -0.25) is 0 Å². The van der Waals surface area contributed by atoms with Gasteiger partial charge in [-0.2, -0.15) is 0 Å². The summed E-state index contributed by atoms with van der Waals surface area (Å²) in [6.07, 6.45) is 25.8. The number of rotatable bonds is 13. The molecule has 4 heteroatoms. The zero-order valence-corrected chi connectivity index (χ0v) is 20.6. The Morgan fingerprint density at radius 1 is 1.06 bits per heavy atom. The van der Waals surface area contributed by atoms with Gasteiger partial charge in [-0.05, 0) is 38.0 Å². The SMILES string of the molecule is C#C.C=C/C=C(\C=C/CC(=C)C)NC(N)=N/C=C(\C)CC(=C)NC.CCCCCCC. The summed E-state index contributed by atoms with van der Waals surface area (Å²) in [5, 5.41) is 6.03. The molecule has 0 saturated carbocycles. The molecule has 31 heavy (non-hydrogen) atoms. The predicted molar refractivity (Wildman–Crippen MR) is 143 cm³/mol. The van der Waals surface area contributed by atoms with Crippen LogP contribution in [-0.2, 0) is 0 Å². The van der Waals surface area contributed by atoms with Gasteiger partial charge in [0.15, 0.2) is 5.96 Å². The summed E-state index contributed by atoms with van der Waals surface area (Å²) in [7, 11) is 1.85. The quantitative estimate of drug-likeness (QED) is 0.0763. The maximum atomic E-state index is 5.88. The highest BCUT2D eigenvalue weighted by Crippen LogP contribution is 2.05. The number of nitrogens with zero attached hydrogens (tertiary/aromatic N) is 1. The normalized spacial score (nSPS) is 11.5. The van der Waals surface area contributed by atoms with Crippen molar-refractivity contribution in [3.8, 4) is 12.8 Å². The summed E-state index contributed by atoms with van der Waals surface area (Å²) in [6.45, 7) is 19.9. The van der Waals surface area contributed by atoms with Crippen molar-refractivity contribution in [2.24, 2.45) is 10.7 Å². The molecule has 0 unspecified atom stereocenters. The molecule has 0 aliphatic rings. The zero-order chi connectivity index (χ0) is 24.5. The summed E-state index contributed by atoms with van der Waals surface area (Å²) in [4.78, 5) is 4.20. The van der Waals surface area contributed by atoms with Crippen LogP contribution in [0.15, 0.2) is 77.8 Å². The molecule has 0 rings (SSSR count). The molecular weight excluding hydrogens is 380 g/mol. The summed E-state index contributed by atoms with van der Waals surface area (Å²) in [6, 6.07) is 0. The Morgan fingerprint density at radius 3 is 2.10 bits per heavy atom. The Kier molecular flexibility index (Phi) is 26.5. The molecule has 0 aliphatic heterocycles. The van der Waals surface area contributed by atoms with Crippen LogP contribution in [0.1, 0.15) is 72.6 Å². The van der Waals surface area contributed by atoms with E-state index < -0.39 is 0 Å². The molecule has 0 aromatic heterocycles. The highest BCUT2D eigenvalue weighted by molar-refractivity contribution is 5.80. The number of hydrogen-bond acceptors (Lipinski definition) is 2. The third kappa shape index (κ3) is 27.1. The summed E-state index contributed by atoms with van der Waals surface area (Å²) in [5.74, 6) is 0.322. The Hall–Kier alpha value is -2.93. The van der Waals surface area contributed by atoms with Crippen LogP contribution in [-0.4, -0.2) is 13.0 Å². The Morgan fingerprint density at radius 2 is 1.65 bits per heavy atom. The summed E-state index contributed by atoms with van der Waals surface area (Å²) < 4.78 is 0. The van der Waals surface area contributed by atoms with Crippen LogP contribution in [0.3, 0.4) is 0 Å². The van der Waals surface area contributed by atoms with Crippen molar-refractivity contribution in [1.29, 1.82) is 0 Å². The van der Waals surface area contributed by atoms with Crippen LogP contribution in [0.5, 0.6) is 0 Å². The van der Waals surface area contributed by atoms with Crippen LogP contribution < -0.4 is 16.4 Å². The molecule has 4 N–H and O–H groups in total. The van der Waals surface area contributed by atoms with Crippen molar-refractivity contribution in [2.45, 2.75) is 72.6 Å². The monoisotopic (exact) mass is 426 g/mol. The second kappa shape index (κ2) is 25.1. The smallest absolute Gasteiger partial charge is 0.197 e. The average Bonchev–Trinajstić information content (AvgIpc) is 2.74. The van der Waals surface area contributed by atoms with Crippen LogP contribution in [0.4, 0.5) is 0 Å². The van der Waals surface area contributed by atoms with Crippen LogP contribution in [0.2, 0.25) is 0 Å². The van der Waals surface area contributed by atoms with Gasteiger partial charge in [-0.25, -0.2) is 4.99 Å². The van der Waals surface area contributed by atoms with E-state index in [2.05, 4.69) is 62.1 Å². The largest absolute Gasteiger partial charge is 0.392 e. The molecule has 0 bridgehead atoms. The van der Waals surface area contributed by atoms with Crippen LogP contribution >= 0.6 is 0 Å². The molecular formula is C27H46N4. The van der Waals surface area contributed by atoms with Crippen molar-refractivity contribution in [3.63, 3.8) is 0 Å². The number of nitrogens with two attached hydrogens (primary N) is 1. The lowest BCUT2D eigenvalue weighted by Gasteiger charge is -2.06. The fraction of sp³-hybridized carbons (Fsp3) is 0.444. The standard InChI is InChI=1S/C18H28N4.C7H16.C2H2/c1-7-9-17(11-8-10-14(2)3)22-18(19)21-13-15(4)12-16(5)20-6;1-3-5-7-6-4-2;1-2/h7-9,11,13,20H,1-2,5,10,12H2,3-4,6H3,(H3,19,21,22);3-7H2,1-2H3;1-2H/b11-8-,15-13+,17-9+;;. The van der Waals surface area contributed by atoms with Gasteiger partial charge in [0.2, 0.25) is 0 Å². The van der Waals surface area contributed by atoms with Gasteiger partial charge in [0.25, 0.3) is 0 Å². The molecule has 0 aliphatic carbocycles. The lowest BCUT2D eigenvalue weighted by molar-refractivity contribution is 0.656. The maximum absolute atomic E-state index is 5.88. The lowest BCUT2D eigenvalue weighted by atomic mass is 10.2. The first kappa shape index (κ1) is 32.7. The fourth-order valence-electron chi connectivity index (χ4n) is 2.16. The summed E-state index contributed by atoms with van der Waals surface area (Å²) in [5.41, 5.74) is 9.80. The van der Waals surface area contributed by atoms with E-state index in [0.29, 0.717) is 5.96 Å². The molecule has 0 fully saturated rings. The first-order valence-corrected chi connectivity index (χ1v) is 10.9. The van der Waals surface area contributed by atoms with Gasteiger partial charge in [-0.15, -0.1) is 12.8 Å². The van der Waals surface area contributed by atoms with Crippen molar-refractivity contribution >= 4 is 5.96 Å². The third-order valence-electron chi connectivity index (χ3n) is 3.81. The highest BCUT2D eigenvalue weighted by Gasteiger charge is 1.95. The number of aliphatic imine (C=N–C) groups is 1. The third-order valence-corrected chi connectivity index (χ3v) is 3.81. The van der Waals surface area contributed by atoms with Gasteiger partial charge in [-0.1, -0.05) is 83.4 Å². The summed E-state index contributed by atoms with van der Waals surface area (Å²) >= 11 is 0. The van der Waals surface area contributed by atoms with E-state index in [9.17, 15) is 0 Å². The number of unbranched alkanes of at least 4 members (excludes halogenated alkanes) is 4. The fourth-order valence-corrected chi connectivity index (χ4v) is 2.16. The molecule has 0 atom stereocenters. The van der Waals surface area contributed by atoms with Crippen molar-refractivity contribution in [1.82, 2.24) is 10.6 Å².